The van der Waals surface area contributed by atoms with Crippen molar-refractivity contribution >= 4 is 28.2 Å². The standard InChI is InChI=1S/C18H9ClF3N5O/c19-12-6-11(18(20,21)22)7-27-8-14(24-16(12)27)17-25-15(26-28-17)10-1-2-13-9(5-10)3-4-23-13/h1-8,23H. The molecule has 4 aromatic heterocycles. The lowest BCUT2D eigenvalue weighted by Gasteiger charge is -2.07. The molecule has 0 radical (unpaired) electrons. The van der Waals surface area contributed by atoms with Crippen LogP contribution in [0.4, 0.5) is 13.2 Å². The van der Waals surface area contributed by atoms with Gasteiger partial charge in [-0.25, -0.2) is 4.98 Å². The first-order valence-electron chi connectivity index (χ1n) is 8.05. The summed E-state index contributed by atoms with van der Waals surface area (Å²) in [5.74, 6) is 0.426. The zero-order valence-electron chi connectivity index (χ0n) is 13.8. The number of pyridine rings is 1. The summed E-state index contributed by atoms with van der Waals surface area (Å²) >= 11 is 5.96. The molecule has 0 spiro atoms. The zero-order chi connectivity index (χ0) is 19.5. The summed E-state index contributed by atoms with van der Waals surface area (Å²) in [6.07, 6.45) is -0.416. The Hall–Kier alpha value is -3.33. The highest BCUT2D eigenvalue weighted by atomic mass is 35.5. The third-order valence-corrected chi connectivity index (χ3v) is 4.57. The second-order valence-corrected chi connectivity index (χ2v) is 6.54. The van der Waals surface area contributed by atoms with Crippen molar-refractivity contribution in [2.45, 2.75) is 6.18 Å². The van der Waals surface area contributed by atoms with E-state index in [1.807, 2.05) is 30.5 Å². The molecular weight excluding hydrogens is 395 g/mol. The minimum atomic E-state index is -4.52. The van der Waals surface area contributed by atoms with E-state index in [1.165, 1.54) is 10.6 Å². The molecule has 5 rings (SSSR count). The van der Waals surface area contributed by atoms with E-state index in [9.17, 15) is 13.2 Å². The molecule has 140 valence electrons. The quantitative estimate of drug-likeness (QED) is 0.439. The molecular formula is C18H9ClF3N5O. The van der Waals surface area contributed by atoms with Gasteiger partial charge in [-0.15, -0.1) is 0 Å². The van der Waals surface area contributed by atoms with Crippen LogP contribution in [0.1, 0.15) is 5.56 Å². The second kappa shape index (κ2) is 5.83. The molecule has 6 nitrogen and oxygen atoms in total. The van der Waals surface area contributed by atoms with Crippen LogP contribution >= 0.6 is 11.6 Å². The van der Waals surface area contributed by atoms with Gasteiger partial charge in [0.2, 0.25) is 5.82 Å². The van der Waals surface area contributed by atoms with Crippen molar-refractivity contribution in [3.05, 3.63) is 59.5 Å². The van der Waals surface area contributed by atoms with Gasteiger partial charge in [0.25, 0.3) is 5.89 Å². The van der Waals surface area contributed by atoms with Crippen molar-refractivity contribution in [2.24, 2.45) is 0 Å². The lowest BCUT2D eigenvalue weighted by atomic mass is 10.1. The topological polar surface area (TPSA) is 72.0 Å². The van der Waals surface area contributed by atoms with E-state index in [0.717, 1.165) is 28.7 Å². The smallest absolute Gasteiger partial charge is 0.361 e. The highest BCUT2D eigenvalue weighted by molar-refractivity contribution is 6.33. The number of imidazole rings is 1. The SMILES string of the molecule is FC(F)(F)c1cc(Cl)c2nc(-c3nc(-c4ccc5[nH]ccc5c4)no3)cn2c1. The van der Waals surface area contributed by atoms with Gasteiger partial charge in [-0.05, 0) is 30.3 Å². The third kappa shape index (κ3) is 2.71. The Labute approximate surface area is 159 Å². The molecule has 28 heavy (non-hydrogen) atoms. The maximum Gasteiger partial charge on any atom is 0.417 e. The predicted molar refractivity (Wildman–Crippen MR) is 95.8 cm³/mol. The van der Waals surface area contributed by atoms with Crippen LogP contribution in [0.25, 0.3) is 39.5 Å². The molecule has 1 N–H and O–H groups in total. The summed E-state index contributed by atoms with van der Waals surface area (Å²) in [5.41, 5.74) is 1.23. The van der Waals surface area contributed by atoms with Gasteiger partial charge >= 0.3 is 6.18 Å². The normalized spacial score (nSPS) is 12.3. The van der Waals surface area contributed by atoms with Crippen LogP contribution in [0.15, 0.2) is 53.4 Å². The second-order valence-electron chi connectivity index (χ2n) is 6.13. The molecule has 0 aliphatic rings. The van der Waals surface area contributed by atoms with Crippen molar-refractivity contribution in [1.29, 1.82) is 0 Å². The number of fused-ring (bicyclic) bond motifs is 2. The van der Waals surface area contributed by atoms with E-state index in [0.29, 0.717) is 5.82 Å². The Morgan fingerprint density at radius 3 is 2.75 bits per heavy atom. The first kappa shape index (κ1) is 16.8. The monoisotopic (exact) mass is 403 g/mol. The van der Waals surface area contributed by atoms with Gasteiger partial charge in [0.1, 0.15) is 5.69 Å². The van der Waals surface area contributed by atoms with Crippen molar-refractivity contribution in [2.75, 3.05) is 0 Å². The number of hydrogen-bond acceptors (Lipinski definition) is 4. The minimum Gasteiger partial charge on any atom is -0.361 e. The highest BCUT2D eigenvalue weighted by Gasteiger charge is 2.32. The van der Waals surface area contributed by atoms with Crippen LogP contribution in [0.5, 0.6) is 0 Å². The van der Waals surface area contributed by atoms with E-state index >= 15 is 0 Å². The average Bonchev–Trinajstić information content (AvgIpc) is 3.38. The van der Waals surface area contributed by atoms with Crippen LogP contribution in [-0.2, 0) is 6.18 Å². The first-order chi connectivity index (χ1) is 13.4. The van der Waals surface area contributed by atoms with Gasteiger partial charge in [0.15, 0.2) is 5.65 Å². The lowest BCUT2D eigenvalue weighted by Crippen LogP contribution is -2.06. The number of aromatic nitrogens is 5. The molecule has 1 aromatic carbocycles. The number of rotatable bonds is 2. The average molecular weight is 404 g/mol. The molecule has 0 amide bonds. The Kier molecular flexibility index (Phi) is 3.50. The van der Waals surface area contributed by atoms with E-state index in [-0.39, 0.29) is 22.3 Å². The molecule has 0 aliphatic carbocycles. The number of nitrogens with one attached hydrogen (secondary N) is 1. The van der Waals surface area contributed by atoms with Crippen LogP contribution in [0, 0.1) is 0 Å². The van der Waals surface area contributed by atoms with Crippen molar-refractivity contribution in [3.8, 4) is 23.0 Å². The maximum atomic E-state index is 13.0. The summed E-state index contributed by atoms with van der Waals surface area (Å²) in [5, 5.41) is 4.81. The molecule has 0 bridgehead atoms. The van der Waals surface area contributed by atoms with Crippen molar-refractivity contribution in [1.82, 2.24) is 24.5 Å². The molecule has 0 unspecified atom stereocenters. The third-order valence-electron chi connectivity index (χ3n) is 4.29. The molecule has 0 saturated heterocycles. The zero-order valence-corrected chi connectivity index (χ0v) is 14.6. The van der Waals surface area contributed by atoms with E-state index in [1.54, 1.807) is 0 Å². The number of hydrogen-bond donors (Lipinski definition) is 1. The molecule has 4 heterocycles. The fourth-order valence-electron chi connectivity index (χ4n) is 2.95. The number of H-pyrrole nitrogens is 1. The predicted octanol–water partition coefficient (Wildman–Crippen LogP) is 5.20. The number of aromatic amines is 1. The number of benzene rings is 1. The van der Waals surface area contributed by atoms with Gasteiger partial charge in [-0.3, -0.25) is 0 Å². The van der Waals surface area contributed by atoms with Gasteiger partial charge in [0.05, 0.1) is 10.6 Å². The van der Waals surface area contributed by atoms with E-state index in [4.69, 9.17) is 16.1 Å². The molecule has 10 heteroatoms. The summed E-state index contributed by atoms with van der Waals surface area (Å²) < 4.78 is 45.4. The van der Waals surface area contributed by atoms with E-state index in [2.05, 4.69) is 20.1 Å². The van der Waals surface area contributed by atoms with E-state index < -0.39 is 11.7 Å². The Morgan fingerprint density at radius 2 is 1.93 bits per heavy atom. The van der Waals surface area contributed by atoms with Crippen LogP contribution in [0.3, 0.4) is 0 Å². The van der Waals surface area contributed by atoms with Crippen molar-refractivity contribution in [3.63, 3.8) is 0 Å². The Bertz CT molecular complexity index is 1330. The van der Waals surface area contributed by atoms with Gasteiger partial charge < -0.3 is 13.9 Å². The minimum absolute atomic E-state index is 0.0810. The number of alkyl halides is 3. The molecule has 0 fully saturated rings. The lowest BCUT2D eigenvalue weighted by molar-refractivity contribution is -0.137. The summed E-state index contributed by atoms with van der Waals surface area (Å²) in [6.45, 7) is 0. The van der Waals surface area contributed by atoms with Gasteiger partial charge in [-0.1, -0.05) is 16.8 Å². The Balaban J connectivity index is 1.56. The largest absolute Gasteiger partial charge is 0.417 e. The summed E-state index contributed by atoms with van der Waals surface area (Å²) in [7, 11) is 0. The van der Waals surface area contributed by atoms with Crippen molar-refractivity contribution < 1.29 is 17.7 Å². The summed E-state index contributed by atoms with van der Waals surface area (Å²) in [4.78, 5) is 11.6. The van der Waals surface area contributed by atoms with Crippen LogP contribution in [-0.4, -0.2) is 24.5 Å². The van der Waals surface area contributed by atoms with Gasteiger partial charge in [0, 0.05) is 35.1 Å². The molecule has 5 aromatic rings. The molecule has 0 aliphatic heterocycles. The fraction of sp³-hybridized carbons (Fsp3) is 0.0556. The maximum absolute atomic E-state index is 13.0. The number of nitrogens with zero attached hydrogens (tertiary/aromatic N) is 4. The Morgan fingerprint density at radius 1 is 1.07 bits per heavy atom. The first-order valence-corrected chi connectivity index (χ1v) is 8.43. The number of halogens is 4. The van der Waals surface area contributed by atoms with Crippen LogP contribution in [0.2, 0.25) is 5.02 Å². The highest BCUT2D eigenvalue weighted by Crippen LogP contribution is 2.33. The summed E-state index contributed by atoms with van der Waals surface area (Å²) in [6, 6.07) is 8.38. The fourth-order valence-corrected chi connectivity index (χ4v) is 3.21. The molecule has 0 atom stereocenters. The van der Waals surface area contributed by atoms with Gasteiger partial charge in [-0.2, -0.15) is 18.2 Å². The molecule has 0 saturated carbocycles. The van der Waals surface area contributed by atoms with Crippen LogP contribution < -0.4 is 0 Å².